The number of nitrogens with zero attached hydrogens (tertiary/aromatic N) is 2. The molecular weight excluding hydrogens is 154 g/mol. The van der Waals surface area contributed by atoms with Gasteiger partial charge in [-0.1, -0.05) is 6.92 Å². The maximum absolute atomic E-state index is 9.28. The second-order valence-corrected chi connectivity index (χ2v) is 2.65. The molecule has 1 aromatic heterocycles. The van der Waals surface area contributed by atoms with Gasteiger partial charge in [0.2, 0.25) is 0 Å². The highest BCUT2D eigenvalue weighted by Crippen LogP contribution is 2.21. The quantitative estimate of drug-likeness (QED) is 0.664. The first-order valence-corrected chi connectivity index (χ1v) is 3.83. The van der Waals surface area contributed by atoms with Crippen molar-refractivity contribution in [2.24, 2.45) is 0 Å². The molecule has 0 amide bonds. The van der Waals surface area contributed by atoms with Crippen molar-refractivity contribution < 1.29 is 5.11 Å². The van der Waals surface area contributed by atoms with E-state index in [4.69, 9.17) is 0 Å². The van der Waals surface area contributed by atoms with Crippen LogP contribution in [-0.4, -0.2) is 20.5 Å². The van der Waals surface area contributed by atoms with E-state index < -0.39 is 0 Å². The fourth-order valence-corrected chi connectivity index (χ4v) is 1.27. The van der Waals surface area contributed by atoms with Crippen LogP contribution in [0.2, 0.25) is 0 Å². The van der Waals surface area contributed by atoms with E-state index in [-0.39, 0.29) is 5.75 Å². The Morgan fingerprint density at radius 3 is 3.00 bits per heavy atom. The Morgan fingerprint density at radius 2 is 2.25 bits per heavy atom. The lowest BCUT2D eigenvalue weighted by Gasteiger charge is -1.97. The first kappa shape index (κ1) is 7.09. The van der Waals surface area contributed by atoms with Crippen LogP contribution in [-0.2, 0) is 6.42 Å². The molecule has 0 aliphatic rings. The van der Waals surface area contributed by atoms with E-state index in [9.17, 15) is 5.11 Å². The van der Waals surface area contributed by atoms with Gasteiger partial charge in [-0.25, -0.2) is 0 Å². The van der Waals surface area contributed by atoms with Crippen LogP contribution in [0.15, 0.2) is 12.1 Å². The lowest BCUT2D eigenvalue weighted by molar-refractivity contribution is 0.475. The summed E-state index contributed by atoms with van der Waals surface area (Å²) in [5.74, 6) is 0.244. The standard InChI is InChI=1S/C8H9N3O/c1-2-5-3-6(12)4-7-8(5)10-11-9-7/h3-4,12H,2H2,1H3,(H,9,10,11). The van der Waals surface area contributed by atoms with Crippen LogP contribution in [0.3, 0.4) is 0 Å². The number of hydrogen-bond donors (Lipinski definition) is 2. The maximum atomic E-state index is 9.28. The predicted octanol–water partition coefficient (Wildman–Crippen LogP) is 1.23. The predicted molar refractivity (Wildman–Crippen MR) is 44.9 cm³/mol. The minimum atomic E-state index is 0.244. The number of aromatic amines is 1. The van der Waals surface area contributed by atoms with Gasteiger partial charge in [-0.15, -0.1) is 0 Å². The highest BCUT2D eigenvalue weighted by atomic mass is 16.3. The number of rotatable bonds is 1. The third kappa shape index (κ3) is 0.922. The fraction of sp³-hybridized carbons (Fsp3) is 0.250. The molecule has 0 unspecified atom stereocenters. The second kappa shape index (κ2) is 2.48. The summed E-state index contributed by atoms with van der Waals surface area (Å²) < 4.78 is 0. The monoisotopic (exact) mass is 163 g/mol. The zero-order valence-electron chi connectivity index (χ0n) is 6.70. The SMILES string of the molecule is CCc1cc(O)cc2n[nH]nc12. The van der Waals surface area contributed by atoms with Gasteiger partial charge in [0.15, 0.2) is 0 Å². The Bertz CT molecular complexity index is 408. The van der Waals surface area contributed by atoms with Crippen LogP contribution in [0, 0.1) is 0 Å². The number of aromatic nitrogens is 3. The van der Waals surface area contributed by atoms with E-state index >= 15 is 0 Å². The van der Waals surface area contributed by atoms with Crippen molar-refractivity contribution in [2.75, 3.05) is 0 Å². The minimum Gasteiger partial charge on any atom is -0.508 e. The molecule has 1 aromatic carbocycles. The summed E-state index contributed by atoms with van der Waals surface area (Å²) in [4.78, 5) is 0. The van der Waals surface area contributed by atoms with Crippen molar-refractivity contribution >= 4 is 11.0 Å². The Hall–Kier alpha value is -1.58. The lowest BCUT2D eigenvalue weighted by atomic mass is 10.1. The van der Waals surface area contributed by atoms with Crippen LogP contribution in [0.1, 0.15) is 12.5 Å². The molecule has 62 valence electrons. The molecule has 0 saturated carbocycles. The van der Waals surface area contributed by atoms with E-state index in [2.05, 4.69) is 15.4 Å². The molecule has 2 rings (SSSR count). The van der Waals surface area contributed by atoms with Crippen molar-refractivity contribution in [1.82, 2.24) is 15.4 Å². The van der Waals surface area contributed by atoms with Crippen LogP contribution >= 0.6 is 0 Å². The third-order valence-corrected chi connectivity index (χ3v) is 1.87. The number of hydrogen-bond acceptors (Lipinski definition) is 3. The summed E-state index contributed by atoms with van der Waals surface area (Å²) in [7, 11) is 0. The molecule has 4 nitrogen and oxygen atoms in total. The van der Waals surface area contributed by atoms with Gasteiger partial charge in [-0.3, -0.25) is 0 Å². The number of benzene rings is 1. The zero-order valence-corrected chi connectivity index (χ0v) is 6.70. The number of aromatic hydroxyl groups is 1. The summed E-state index contributed by atoms with van der Waals surface area (Å²) >= 11 is 0. The highest BCUT2D eigenvalue weighted by Gasteiger charge is 2.04. The average Bonchev–Trinajstić information content (AvgIpc) is 2.50. The van der Waals surface area contributed by atoms with Gasteiger partial charge < -0.3 is 5.11 Å². The third-order valence-electron chi connectivity index (χ3n) is 1.87. The van der Waals surface area contributed by atoms with Crippen LogP contribution < -0.4 is 0 Å². The van der Waals surface area contributed by atoms with Gasteiger partial charge in [0.05, 0.1) is 0 Å². The van der Waals surface area contributed by atoms with Gasteiger partial charge in [0.1, 0.15) is 16.8 Å². The van der Waals surface area contributed by atoms with Gasteiger partial charge >= 0.3 is 0 Å². The van der Waals surface area contributed by atoms with Crippen LogP contribution in [0.4, 0.5) is 0 Å². The summed E-state index contributed by atoms with van der Waals surface area (Å²) in [6.45, 7) is 2.02. The number of fused-ring (bicyclic) bond motifs is 1. The molecule has 0 bridgehead atoms. The van der Waals surface area contributed by atoms with Gasteiger partial charge in [-0.05, 0) is 18.1 Å². The fourth-order valence-electron chi connectivity index (χ4n) is 1.27. The summed E-state index contributed by atoms with van der Waals surface area (Å²) in [6.07, 6.45) is 0.845. The summed E-state index contributed by atoms with van der Waals surface area (Å²) in [6, 6.07) is 3.31. The summed E-state index contributed by atoms with van der Waals surface area (Å²) in [5.41, 5.74) is 2.57. The summed E-state index contributed by atoms with van der Waals surface area (Å²) in [5, 5.41) is 19.7. The van der Waals surface area contributed by atoms with Crippen molar-refractivity contribution in [3.63, 3.8) is 0 Å². The Kier molecular flexibility index (Phi) is 1.46. The number of nitrogens with one attached hydrogen (secondary N) is 1. The van der Waals surface area contributed by atoms with Crippen LogP contribution in [0.5, 0.6) is 5.75 Å². The molecule has 0 radical (unpaired) electrons. The Balaban J connectivity index is 2.80. The Morgan fingerprint density at radius 1 is 1.42 bits per heavy atom. The smallest absolute Gasteiger partial charge is 0.118 e. The van der Waals surface area contributed by atoms with Crippen molar-refractivity contribution in [3.05, 3.63) is 17.7 Å². The van der Waals surface area contributed by atoms with Crippen molar-refractivity contribution in [1.29, 1.82) is 0 Å². The van der Waals surface area contributed by atoms with Gasteiger partial charge in [0.25, 0.3) is 0 Å². The number of aryl methyl sites for hydroxylation is 1. The minimum absolute atomic E-state index is 0.244. The molecule has 1 heterocycles. The largest absolute Gasteiger partial charge is 0.508 e. The molecule has 12 heavy (non-hydrogen) atoms. The highest BCUT2D eigenvalue weighted by molar-refractivity contribution is 5.79. The topological polar surface area (TPSA) is 61.8 Å². The van der Waals surface area contributed by atoms with E-state index in [1.807, 2.05) is 6.92 Å². The lowest BCUT2D eigenvalue weighted by Crippen LogP contribution is -1.82. The number of phenols is 1. The second-order valence-electron chi connectivity index (χ2n) is 2.65. The first-order chi connectivity index (χ1) is 5.81. The molecule has 0 saturated heterocycles. The van der Waals surface area contributed by atoms with Crippen molar-refractivity contribution in [2.45, 2.75) is 13.3 Å². The molecule has 0 aliphatic carbocycles. The molecule has 0 atom stereocenters. The normalized spacial score (nSPS) is 10.8. The first-order valence-electron chi connectivity index (χ1n) is 3.83. The Labute approximate surface area is 69.2 Å². The molecule has 0 fully saturated rings. The maximum Gasteiger partial charge on any atom is 0.118 e. The average molecular weight is 163 g/mol. The molecule has 0 spiro atoms. The van der Waals surface area contributed by atoms with Gasteiger partial charge in [0, 0.05) is 6.07 Å². The molecule has 2 aromatic rings. The molecular formula is C8H9N3O. The van der Waals surface area contributed by atoms with E-state index in [1.54, 1.807) is 12.1 Å². The molecule has 0 aliphatic heterocycles. The van der Waals surface area contributed by atoms with E-state index in [1.165, 1.54) is 0 Å². The van der Waals surface area contributed by atoms with Crippen LogP contribution in [0.25, 0.3) is 11.0 Å². The van der Waals surface area contributed by atoms with Crippen molar-refractivity contribution in [3.8, 4) is 5.75 Å². The molecule has 4 heteroatoms. The van der Waals surface area contributed by atoms with Gasteiger partial charge in [-0.2, -0.15) is 15.4 Å². The molecule has 2 N–H and O–H groups in total. The number of phenolic OH excluding ortho intramolecular Hbond substituents is 1. The van der Waals surface area contributed by atoms with E-state index in [0.717, 1.165) is 17.5 Å². The zero-order chi connectivity index (χ0) is 8.55. The van der Waals surface area contributed by atoms with E-state index in [0.29, 0.717) is 5.52 Å². The number of H-pyrrole nitrogens is 1.